The summed E-state index contributed by atoms with van der Waals surface area (Å²) in [6, 6.07) is 19.4. The summed E-state index contributed by atoms with van der Waals surface area (Å²) in [5.74, 6) is 0.922. The topological polar surface area (TPSA) is 94.2 Å². The van der Waals surface area contributed by atoms with Crippen molar-refractivity contribution in [1.82, 2.24) is 15.6 Å². The lowest BCUT2D eigenvalue weighted by molar-refractivity contribution is -0.719. The Morgan fingerprint density at radius 1 is 1.19 bits per heavy atom. The first kappa shape index (κ1) is 21.6. The molecule has 3 N–H and O–H groups in total. The van der Waals surface area contributed by atoms with Crippen LogP contribution in [0.4, 0.5) is 0 Å². The molecule has 0 aliphatic heterocycles. The summed E-state index contributed by atoms with van der Waals surface area (Å²) in [5, 5.41) is 24.2. The van der Waals surface area contributed by atoms with Crippen LogP contribution in [0.15, 0.2) is 70.9 Å². The van der Waals surface area contributed by atoms with Gasteiger partial charge in [0.05, 0.1) is 29.2 Å². The molecule has 0 spiro atoms. The maximum atomic E-state index is 12.3. The number of phenolic OH excluding ortho intramolecular Hbond substituents is 1. The fourth-order valence-electron chi connectivity index (χ4n) is 3.40. The van der Waals surface area contributed by atoms with Crippen LogP contribution in [0.1, 0.15) is 18.1 Å². The summed E-state index contributed by atoms with van der Waals surface area (Å²) >= 11 is 1.34. The van der Waals surface area contributed by atoms with E-state index in [1.807, 2.05) is 54.0 Å². The number of aryl methyl sites for hydroxylation is 1. The number of aromatic hydroxyl groups is 1. The SMILES string of the molecule is CC[n+]1c(SCC(=O)NN=Cc2c(O)ccc3ccccc23)n[nH]c1-c1ccc(C)cc1. The van der Waals surface area contributed by atoms with Gasteiger partial charge in [0.25, 0.3) is 11.7 Å². The van der Waals surface area contributed by atoms with Crippen molar-refractivity contribution in [1.29, 1.82) is 0 Å². The number of thioether (sulfide) groups is 1. The molecule has 0 saturated carbocycles. The van der Waals surface area contributed by atoms with Gasteiger partial charge in [0.15, 0.2) is 0 Å². The highest BCUT2D eigenvalue weighted by Gasteiger charge is 2.21. The normalized spacial score (nSPS) is 11.3. The molecule has 1 aromatic heterocycles. The van der Waals surface area contributed by atoms with E-state index in [1.165, 1.54) is 23.5 Å². The molecule has 162 valence electrons. The average Bonchev–Trinajstić information content (AvgIpc) is 3.22. The van der Waals surface area contributed by atoms with E-state index in [0.717, 1.165) is 33.9 Å². The number of nitrogens with zero attached hydrogens (tertiary/aromatic N) is 3. The first-order valence-corrected chi connectivity index (χ1v) is 11.3. The third-order valence-electron chi connectivity index (χ3n) is 5.06. The number of nitrogens with one attached hydrogen (secondary N) is 2. The van der Waals surface area contributed by atoms with Gasteiger partial charge in [0, 0.05) is 5.56 Å². The minimum absolute atomic E-state index is 0.111. The van der Waals surface area contributed by atoms with Gasteiger partial charge in [-0.25, -0.2) is 9.99 Å². The number of aromatic amines is 1. The monoisotopic (exact) mass is 446 g/mol. The minimum atomic E-state index is -0.256. The van der Waals surface area contributed by atoms with Crippen molar-refractivity contribution in [3.63, 3.8) is 0 Å². The number of hydrogen-bond acceptors (Lipinski definition) is 5. The molecule has 0 atom stereocenters. The molecule has 0 fully saturated rings. The third-order valence-corrected chi connectivity index (χ3v) is 6.04. The van der Waals surface area contributed by atoms with Gasteiger partial charge in [-0.1, -0.05) is 48.0 Å². The highest BCUT2D eigenvalue weighted by Crippen LogP contribution is 2.25. The number of aromatic nitrogens is 3. The molecule has 32 heavy (non-hydrogen) atoms. The van der Waals surface area contributed by atoms with Crippen molar-refractivity contribution in [3.05, 3.63) is 71.8 Å². The molecule has 3 aromatic carbocycles. The zero-order chi connectivity index (χ0) is 22.5. The van der Waals surface area contributed by atoms with Crippen molar-refractivity contribution in [2.45, 2.75) is 25.5 Å². The number of H-pyrrole nitrogens is 1. The van der Waals surface area contributed by atoms with E-state index in [2.05, 4.69) is 39.8 Å². The van der Waals surface area contributed by atoms with Crippen LogP contribution in [-0.2, 0) is 11.3 Å². The number of carbonyl (C=O) groups is 1. The van der Waals surface area contributed by atoms with Crippen molar-refractivity contribution in [3.8, 4) is 17.1 Å². The van der Waals surface area contributed by atoms with Crippen LogP contribution < -0.4 is 9.99 Å². The number of benzene rings is 3. The van der Waals surface area contributed by atoms with E-state index in [1.54, 1.807) is 6.07 Å². The number of fused-ring (bicyclic) bond motifs is 1. The summed E-state index contributed by atoms with van der Waals surface area (Å²) in [4.78, 5) is 12.3. The smallest absolute Gasteiger partial charge is 0.337 e. The lowest BCUT2D eigenvalue weighted by Gasteiger charge is -2.04. The van der Waals surface area contributed by atoms with Crippen molar-refractivity contribution in [2.75, 3.05) is 5.75 Å². The number of hydrazone groups is 1. The fraction of sp³-hybridized carbons (Fsp3) is 0.167. The highest BCUT2D eigenvalue weighted by molar-refractivity contribution is 7.99. The Kier molecular flexibility index (Phi) is 6.51. The summed E-state index contributed by atoms with van der Waals surface area (Å²) in [7, 11) is 0. The predicted octanol–water partition coefficient (Wildman–Crippen LogP) is 3.79. The second-order valence-corrected chi connectivity index (χ2v) is 8.21. The van der Waals surface area contributed by atoms with E-state index >= 15 is 0 Å². The van der Waals surface area contributed by atoms with Crippen molar-refractivity contribution < 1.29 is 14.5 Å². The first-order valence-electron chi connectivity index (χ1n) is 10.3. The third kappa shape index (κ3) is 4.65. The van der Waals surface area contributed by atoms with Crippen LogP contribution in [0.5, 0.6) is 5.75 Å². The van der Waals surface area contributed by atoms with Gasteiger partial charge in [-0.05, 0) is 54.6 Å². The predicted molar refractivity (Wildman–Crippen MR) is 127 cm³/mol. The van der Waals surface area contributed by atoms with E-state index < -0.39 is 0 Å². The van der Waals surface area contributed by atoms with Crippen LogP contribution in [0, 0.1) is 6.92 Å². The number of carbonyl (C=O) groups excluding carboxylic acids is 1. The van der Waals surface area contributed by atoms with Crippen molar-refractivity contribution in [2.24, 2.45) is 5.10 Å². The number of rotatable bonds is 7. The van der Waals surface area contributed by atoms with Gasteiger partial charge >= 0.3 is 5.16 Å². The van der Waals surface area contributed by atoms with E-state index in [0.29, 0.717) is 5.56 Å². The van der Waals surface area contributed by atoms with Gasteiger partial charge in [0.1, 0.15) is 5.75 Å². The van der Waals surface area contributed by atoms with Gasteiger partial charge in [-0.2, -0.15) is 5.10 Å². The van der Waals surface area contributed by atoms with Gasteiger partial charge in [-0.15, -0.1) is 5.10 Å². The molecule has 4 aromatic rings. The quantitative estimate of drug-likeness (QED) is 0.174. The van der Waals surface area contributed by atoms with Crippen LogP contribution in [0.2, 0.25) is 0 Å². The number of hydrogen-bond donors (Lipinski definition) is 3. The van der Waals surface area contributed by atoms with Crippen LogP contribution in [0.3, 0.4) is 0 Å². The molecule has 8 heteroatoms. The molecule has 0 aliphatic rings. The first-order chi connectivity index (χ1) is 15.6. The molecule has 0 saturated heterocycles. The lowest BCUT2D eigenvalue weighted by atomic mass is 10.0. The zero-order valence-corrected chi connectivity index (χ0v) is 18.7. The van der Waals surface area contributed by atoms with Gasteiger partial charge in [-0.3, -0.25) is 4.79 Å². The maximum Gasteiger partial charge on any atom is 0.337 e. The number of amides is 1. The molecular formula is C24H24N5O2S+. The van der Waals surface area contributed by atoms with E-state index in [9.17, 15) is 9.90 Å². The molecule has 4 rings (SSSR count). The summed E-state index contributed by atoms with van der Waals surface area (Å²) in [6.07, 6.45) is 1.47. The van der Waals surface area contributed by atoms with Crippen LogP contribution >= 0.6 is 11.8 Å². The molecule has 0 aliphatic carbocycles. The fourth-order valence-corrected chi connectivity index (χ4v) is 4.21. The Balaban J connectivity index is 1.41. The second-order valence-electron chi connectivity index (χ2n) is 7.27. The molecule has 7 nitrogen and oxygen atoms in total. The maximum absolute atomic E-state index is 12.3. The minimum Gasteiger partial charge on any atom is -0.507 e. The molecular weight excluding hydrogens is 422 g/mol. The van der Waals surface area contributed by atoms with Crippen LogP contribution in [0.25, 0.3) is 22.2 Å². The Morgan fingerprint density at radius 3 is 2.75 bits per heavy atom. The summed E-state index contributed by atoms with van der Waals surface area (Å²) in [6.45, 7) is 4.81. The lowest BCUT2D eigenvalue weighted by Crippen LogP contribution is -2.36. The van der Waals surface area contributed by atoms with E-state index in [4.69, 9.17) is 0 Å². The van der Waals surface area contributed by atoms with Gasteiger partial charge in [0.2, 0.25) is 0 Å². The molecule has 0 radical (unpaired) electrons. The summed E-state index contributed by atoms with van der Waals surface area (Å²) in [5.41, 5.74) is 5.33. The highest BCUT2D eigenvalue weighted by atomic mass is 32.2. The largest absolute Gasteiger partial charge is 0.507 e. The van der Waals surface area contributed by atoms with Gasteiger partial charge < -0.3 is 5.11 Å². The molecule has 1 heterocycles. The zero-order valence-electron chi connectivity index (χ0n) is 17.9. The Hall–Kier alpha value is -3.65. The Labute approximate surface area is 190 Å². The Bertz CT molecular complexity index is 1280. The second kappa shape index (κ2) is 9.65. The van der Waals surface area contributed by atoms with E-state index in [-0.39, 0.29) is 17.4 Å². The molecule has 0 bridgehead atoms. The van der Waals surface area contributed by atoms with Crippen molar-refractivity contribution >= 4 is 34.7 Å². The summed E-state index contributed by atoms with van der Waals surface area (Å²) < 4.78 is 2.04. The standard InChI is InChI=1S/C24H23N5O2S/c1-3-29-23(18-10-8-16(2)9-11-18)27-28-24(29)32-15-22(31)26-25-14-20-19-7-5-4-6-17(19)12-13-21(20)30/h4-14H,3,15H2,1-2H3,(H2,25,26,30,31)/p+1. The molecule has 1 amide bonds. The Morgan fingerprint density at radius 2 is 1.97 bits per heavy atom. The molecule has 0 unspecified atom stereocenters. The number of phenols is 1. The van der Waals surface area contributed by atoms with Crippen LogP contribution in [-0.4, -0.2) is 33.2 Å². The average molecular weight is 447 g/mol.